The van der Waals surface area contributed by atoms with E-state index < -0.39 is 0 Å². The molecule has 1 aromatic carbocycles. The second-order valence-corrected chi connectivity index (χ2v) is 5.54. The van der Waals surface area contributed by atoms with Crippen molar-refractivity contribution in [2.24, 2.45) is 5.92 Å². The Bertz CT molecular complexity index is 377. The van der Waals surface area contributed by atoms with Gasteiger partial charge in [-0.3, -0.25) is 0 Å². The van der Waals surface area contributed by atoms with Crippen LogP contribution in [0.4, 0.5) is 0 Å². The first kappa shape index (κ1) is 14.4. The van der Waals surface area contributed by atoms with Crippen LogP contribution in [0.3, 0.4) is 0 Å². The van der Waals surface area contributed by atoms with Crippen LogP contribution in [0.15, 0.2) is 24.3 Å². The van der Waals surface area contributed by atoms with Gasteiger partial charge in [0, 0.05) is 12.6 Å². The highest BCUT2D eigenvalue weighted by molar-refractivity contribution is 5.27. The van der Waals surface area contributed by atoms with E-state index in [-0.39, 0.29) is 0 Å². The third-order valence-corrected chi connectivity index (χ3v) is 3.85. The van der Waals surface area contributed by atoms with Crippen molar-refractivity contribution >= 4 is 0 Å². The van der Waals surface area contributed by atoms with Crippen LogP contribution in [0.5, 0.6) is 5.75 Å². The van der Waals surface area contributed by atoms with Crippen LogP contribution in [0.25, 0.3) is 0 Å². The SMILES string of the molecule is COc1ccc(CC(C)CNC2CCOC2C)cc1. The Kier molecular flexibility index (Phi) is 5.23. The molecular formula is C16H25NO2. The number of methoxy groups -OCH3 is 1. The van der Waals surface area contributed by atoms with Gasteiger partial charge in [0.15, 0.2) is 0 Å². The maximum atomic E-state index is 5.57. The summed E-state index contributed by atoms with van der Waals surface area (Å²) in [5.74, 6) is 1.55. The second-order valence-electron chi connectivity index (χ2n) is 5.54. The molecule has 0 spiro atoms. The van der Waals surface area contributed by atoms with Gasteiger partial charge in [0.2, 0.25) is 0 Å². The lowest BCUT2D eigenvalue weighted by Crippen LogP contribution is -2.37. The first-order chi connectivity index (χ1) is 9.19. The van der Waals surface area contributed by atoms with E-state index >= 15 is 0 Å². The molecule has 0 aromatic heterocycles. The number of nitrogens with one attached hydrogen (secondary N) is 1. The minimum atomic E-state index is 0.355. The zero-order valence-electron chi connectivity index (χ0n) is 12.2. The predicted octanol–water partition coefficient (Wildman–Crippen LogP) is 2.64. The van der Waals surface area contributed by atoms with E-state index in [2.05, 4.69) is 31.3 Å². The summed E-state index contributed by atoms with van der Waals surface area (Å²) < 4.78 is 10.7. The summed E-state index contributed by atoms with van der Waals surface area (Å²) in [6.45, 7) is 6.38. The molecule has 0 saturated carbocycles. The first-order valence-electron chi connectivity index (χ1n) is 7.17. The molecule has 0 aliphatic carbocycles. The van der Waals surface area contributed by atoms with Crippen LogP contribution < -0.4 is 10.1 Å². The minimum absolute atomic E-state index is 0.355. The Morgan fingerprint density at radius 3 is 2.68 bits per heavy atom. The third kappa shape index (κ3) is 4.22. The summed E-state index contributed by atoms with van der Waals surface area (Å²) in [5.41, 5.74) is 1.37. The number of hydrogen-bond donors (Lipinski definition) is 1. The van der Waals surface area contributed by atoms with E-state index in [1.165, 1.54) is 5.56 Å². The van der Waals surface area contributed by atoms with Crippen molar-refractivity contribution in [1.29, 1.82) is 0 Å². The van der Waals surface area contributed by atoms with Crippen molar-refractivity contribution in [2.45, 2.75) is 38.8 Å². The van der Waals surface area contributed by atoms with Gasteiger partial charge >= 0.3 is 0 Å². The van der Waals surface area contributed by atoms with Gasteiger partial charge in [0.05, 0.1) is 13.2 Å². The topological polar surface area (TPSA) is 30.5 Å². The Morgan fingerprint density at radius 2 is 2.11 bits per heavy atom. The molecule has 3 unspecified atom stereocenters. The first-order valence-corrected chi connectivity index (χ1v) is 7.17. The molecule has 1 saturated heterocycles. The Hall–Kier alpha value is -1.06. The quantitative estimate of drug-likeness (QED) is 0.856. The normalized spacial score (nSPS) is 24.4. The van der Waals surface area contributed by atoms with Gasteiger partial charge < -0.3 is 14.8 Å². The molecular weight excluding hydrogens is 238 g/mol. The highest BCUT2D eigenvalue weighted by Gasteiger charge is 2.23. The van der Waals surface area contributed by atoms with Gasteiger partial charge in [-0.1, -0.05) is 19.1 Å². The zero-order chi connectivity index (χ0) is 13.7. The zero-order valence-corrected chi connectivity index (χ0v) is 12.2. The predicted molar refractivity (Wildman–Crippen MR) is 77.7 cm³/mol. The van der Waals surface area contributed by atoms with Crippen molar-refractivity contribution in [2.75, 3.05) is 20.3 Å². The molecule has 1 aliphatic heterocycles. The molecule has 3 heteroatoms. The summed E-state index contributed by atoms with van der Waals surface area (Å²) in [4.78, 5) is 0. The minimum Gasteiger partial charge on any atom is -0.497 e. The molecule has 1 aliphatic rings. The largest absolute Gasteiger partial charge is 0.497 e. The average Bonchev–Trinajstić information content (AvgIpc) is 2.83. The molecule has 2 rings (SSSR count). The standard InChI is InChI=1S/C16H25NO2/c1-12(11-17-16-8-9-19-13(16)2)10-14-4-6-15(18-3)7-5-14/h4-7,12-13,16-17H,8-11H2,1-3H3. The monoisotopic (exact) mass is 263 g/mol. The maximum absolute atomic E-state index is 5.57. The maximum Gasteiger partial charge on any atom is 0.118 e. The Labute approximate surface area is 116 Å². The van der Waals surface area contributed by atoms with Crippen LogP contribution in [0.2, 0.25) is 0 Å². The van der Waals surface area contributed by atoms with Crippen molar-refractivity contribution in [3.8, 4) is 5.75 Å². The number of ether oxygens (including phenoxy) is 2. The van der Waals surface area contributed by atoms with E-state index in [4.69, 9.17) is 9.47 Å². The summed E-state index contributed by atoms with van der Waals surface area (Å²) in [6.07, 6.45) is 2.59. The van der Waals surface area contributed by atoms with Gasteiger partial charge in [0.25, 0.3) is 0 Å². The van der Waals surface area contributed by atoms with E-state index in [1.807, 2.05) is 12.1 Å². The molecule has 1 aromatic rings. The van der Waals surface area contributed by atoms with Crippen LogP contribution >= 0.6 is 0 Å². The number of benzene rings is 1. The Balaban J connectivity index is 1.75. The van der Waals surface area contributed by atoms with Gasteiger partial charge in [-0.05, 0) is 49.9 Å². The molecule has 1 heterocycles. The fourth-order valence-corrected chi connectivity index (χ4v) is 2.59. The van der Waals surface area contributed by atoms with Crippen LogP contribution in [0, 0.1) is 5.92 Å². The summed E-state index contributed by atoms with van der Waals surface area (Å²) in [5, 5.41) is 3.62. The van der Waals surface area contributed by atoms with Crippen LogP contribution in [-0.2, 0) is 11.2 Å². The van der Waals surface area contributed by atoms with Crippen LogP contribution in [0.1, 0.15) is 25.8 Å². The molecule has 0 bridgehead atoms. The smallest absolute Gasteiger partial charge is 0.118 e. The fraction of sp³-hybridized carbons (Fsp3) is 0.625. The van der Waals surface area contributed by atoms with Gasteiger partial charge in [-0.2, -0.15) is 0 Å². The van der Waals surface area contributed by atoms with E-state index in [1.54, 1.807) is 7.11 Å². The van der Waals surface area contributed by atoms with E-state index in [0.717, 1.165) is 31.7 Å². The molecule has 0 amide bonds. The summed E-state index contributed by atoms with van der Waals surface area (Å²) >= 11 is 0. The van der Waals surface area contributed by atoms with E-state index in [0.29, 0.717) is 18.1 Å². The lowest BCUT2D eigenvalue weighted by atomic mass is 10.0. The second kappa shape index (κ2) is 6.92. The van der Waals surface area contributed by atoms with Crippen LogP contribution in [-0.4, -0.2) is 32.4 Å². The lowest BCUT2D eigenvalue weighted by molar-refractivity contribution is 0.112. The number of hydrogen-bond acceptors (Lipinski definition) is 3. The van der Waals surface area contributed by atoms with Crippen molar-refractivity contribution < 1.29 is 9.47 Å². The molecule has 1 N–H and O–H groups in total. The number of rotatable bonds is 6. The molecule has 1 fully saturated rings. The molecule has 19 heavy (non-hydrogen) atoms. The summed E-state index contributed by atoms with van der Waals surface area (Å²) in [7, 11) is 1.70. The highest BCUT2D eigenvalue weighted by atomic mass is 16.5. The van der Waals surface area contributed by atoms with Crippen molar-refractivity contribution in [3.05, 3.63) is 29.8 Å². The van der Waals surface area contributed by atoms with Gasteiger partial charge in [0.1, 0.15) is 5.75 Å². The fourth-order valence-electron chi connectivity index (χ4n) is 2.59. The van der Waals surface area contributed by atoms with Gasteiger partial charge in [-0.15, -0.1) is 0 Å². The molecule has 106 valence electrons. The lowest BCUT2D eigenvalue weighted by Gasteiger charge is -2.19. The van der Waals surface area contributed by atoms with Crippen molar-refractivity contribution in [3.63, 3.8) is 0 Å². The average molecular weight is 263 g/mol. The molecule has 3 nitrogen and oxygen atoms in total. The molecule has 3 atom stereocenters. The van der Waals surface area contributed by atoms with Crippen molar-refractivity contribution in [1.82, 2.24) is 5.32 Å². The molecule has 0 radical (unpaired) electrons. The Morgan fingerprint density at radius 1 is 1.37 bits per heavy atom. The highest BCUT2D eigenvalue weighted by Crippen LogP contribution is 2.16. The van der Waals surface area contributed by atoms with E-state index in [9.17, 15) is 0 Å². The summed E-state index contributed by atoms with van der Waals surface area (Å²) in [6, 6.07) is 8.89. The van der Waals surface area contributed by atoms with Gasteiger partial charge in [-0.25, -0.2) is 0 Å². The third-order valence-electron chi connectivity index (χ3n) is 3.85.